The van der Waals surface area contributed by atoms with E-state index in [1.165, 1.54) is 0 Å². The molecule has 1 N–H and O–H groups in total. The van der Waals surface area contributed by atoms with Crippen LogP contribution in [0.2, 0.25) is 0 Å². The Labute approximate surface area is 136 Å². The van der Waals surface area contributed by atoms with Crippen molar-refractivity contribution in [2.75, 3.05) is 45.2 Å². The summed E-state index contributed by atoms with van der Waals surface area (Å²) in [5.41, 5.74) is 0.841. The van der Waals surface area contributed by atoms with E-state index >= 15 is 0 Å². The molecule has 8 nitrogen and oxygen atoms in total. The number of guanidine groups is 1. The molecule has 23 heavy (non-hydrogen) atoms. The molecular formula is C15H23N7O. The van der Waals surface area contributed by atoms with E-state index in [0.29, 0.717) is 31.7 Å². The second-order valence-corrected chi connectivity index (χ2v) is 5.36. The number of nitrogens with one attached hydrogen (secondary N) is 1. The minimum atomic E-state index is 0.367. The van der Waals surface area contributed by atoms with Crippen LogP contribution in [0.4, 0.5) is 5.69 Å². The highest BCUT2D eigenvalue weighted by Gasteiger charge is 2.20. The summed E-state index contributed by atoms with van der Waals surface area (Å²) >= 11 is 0. The third-order valence-electron chi connectivity index (χ3n) is 3.79. The minimum Gasteiger partial charge on any atom is -0.383 e. The predicted octanol–water partition coefficient (Wildman–Crippen LogP) is 1.16. The van der Waals surface area contributed by atoms with Gasteiger partial charge in [0.05, 0.1) is 43.7 Å². The first-order valence-electron chi connectivity index (χ1n) is 7.67. The number of nitriles is 1. The number of likely N-dealkylation sites (tertiary alicyclic amines) is 1. The van der Waals surface area contributed by atoms with Crippen molar-refractivity contribution >= 4 is 18.4 Å². The first-order valence-corrected chi connectivity index (χ1v) is 7.67. The largest absolute Gasteiger partial charge is 0.383 e. The van der Waals surface area contributed by atoms with Crippen molar-refractivity contribution in [3.63, 3.8) is 0 Å². The molecule has 1 aliphatic heterocycles. The summed E-state index contributed by atoms with van der Waals surface area (Å²) in [6, 6.07) is 2.57. The smallest absolute Gasteiger partial charge is 0.222 e. The molecule has 8 heteroatoms. The van der Waals surface area contributed by atoms with Gasteiger partial charge in [-0.05, 0) is 19.6 Å². The Morgan fingerprint density at radius 3 is 3.00 bits per heavy atom. The number of aromatic nitrogens is 2. The highest BCUT2D eigenvalue weighted by atomic mass is 16.5. The van der Waals surface area contributed by atoms with Crippen molar-refractivity contribution < 1.29 is 4.74 Å². The van der Waals surface area contributed by atoms with Crippen molar-refractivity contribution in [2.24, 2.45) is 9.98 Å². The lowest BCUT2D eigenvalue weighted by molar-refractivity contribution is 0.197. The summed E-state index contributed by atoms with van der Waals surface area (Å²) < 4.78 is 6.93. The van der Waals surface area contributed by atoms with E-state index < -0.39 is 0 Å². The van der Waals surface area contributed by atoms with Gasteiger partial charge in [-0.3, -0.25) is 9.58 Å². The van der Waals surface area contributed by atoms with E-state index in [1.807, 2.05) is 10.9 Å². The zero-order valence-electron chi connectivity index (χ0n) is 13.5. The first kappa shape index (κ1) is 17.1. The highest BCUT2D eigenvalue weighted by Crippen LogP contribution is 2.22. The van der Waals surface area contributed by atoms with Crippen LogP contribution in [0.25, 0.3) is 0 Å². The van der Waals surface area contributed by atoms with Crippen LogP contribution >= 0.6 is 0 Å². The number of hydrogen-bond acceptors (Lipinski definition) is 5. The van der Waals surface area contributed by atoms with Crippen molar-refractivity contribution in [1.29, 1.82) is 5.26 Å². The maximum atomic E-state index is 8.74. The van der Waals surface area contributed by atoms with Crippen LogP contribution in [0, 0.1) is 11.3 Å². The van der Waals surface area contributed by atoms with Gasteiger partial charge in [0, 0.05) is 26.4 Å². The molecule has 0 saturated carbocycles. The second kappa shape index (κ2) is 9.02. The summed E-state index contributed by atoms with van der Waals surface area (Å²) in [5, 5.41) is 16.3. The Balaban J connectivity index is 1.89. The van der Waals surface area contributed by atoms with E-state index in [2.05, 4.69) is 38.1 Å². The number of nitrogens with zero attached hydrogens (tertiary/aromatic N) is 6. The van der Waals surface area contributed by atoms with Gasteiger partial charge in [0.1, 0.15) is 0 Å². The van der Waals surface area contributed by atoms with E-state index in [1.54, 1.807) is 13.3 Å². The lowest BCUT2D eigenvalue weighted by Gasteiger charge is -2.30. The lowest BCUT2D eigenvalue weighted by atomic mass is 10.1. The van der Waals surface area contributed by atoms with Gasteiger partial charge in [0.25, 0.3) is 0 Å². The predicted molar refractivity (Wildman–Crippen MR) is 89.9 cm³/mol. The third kappa shape index (κ3) is 5.16. The number of ether oxygens (including phenoxy) is 1. The Kier molecular flexibility index (Phi) is 6.72. The molecule has 0 amide bonds. The van der Waals surface area contributed by atoms with Crippen molar-refractivity contribution in [1.82, 2.24) is 14.7 Å². The van der Waals surface area contributed by atoms with E-state index in [9.17, 15) is 0 Å². The number of methoxy groups -OCH3 is 1. The summed E-state index contributed by atoms with van der Waals surface area (Å²) in [7, 11) is 1.63. The molecule has 1 aromatic heterocycles. The van der Waals surface area contributed by atoms with E-state index in [4.69, 9.17) is 10.00 Å². The molecule has 2 rings (SSSR count). The number of anilines is 1. The van der Waals surface area contributed by atoms with E-state index in [0.717, 1.165) is 31.6 Å². The van der Waals surface area contributed by atoms with Gasteiger partial charge in [0.15, 0.2) is 0 Å². The average molecular weight is 317 g/mol. The quantitative estimate of drug-likeness (QED) is 0.368. The van der Waals surface area contributed by atoms with Gasteiger partial charge in [0.2, 0.25) is 5.96 Å². The molecule has 0 atom stereocenters. The standard InChI is InChI=1S/C15H23N7O/c1-17-15(18-6-10-23-2)20-13-11-19-22(12-13)14-3-7-21(8-4-14)9-5-16/h11-12,14H,1,3-4,6-10H2,2H3,(H,18,20). The molecule has 0 radical (unpaired) electrons. The topological polar surface area (TPSA) is 90.8 Å². The van der Waals surface area contributed by atoms with Gasteiger partial charge in [-0.25, -0.2) is 9.98 Å². The zero-order valence-corrected chi connectivity index (χ0v) is 13.5. The van der Waals surface area contributed by atoms with Crippen molar-refractivity contribution in [2.45, 2.75) is 18.9 Å². The Bertz CT molecular complexity index is 567. The molecule has 124 valence electrons. The van der Waals surface area contributed by atoms with Gasteiger partial charge in [-0.1, -0.05) is 0 Å². The van der Waals surface area contributed by atoms with Gasteiger partial charge in [-0.15, -0.1) is 0 Å². The number of rotatable bonds is 6. The van der Waals surface area contributed by atoms with Gasteiger partial charge >= 0.3 is 0 Å². The number of piperidine rings is 1. The van der Waals surface area contributed by atoms with Crippen LogP contribution in [0.15, 0.2) is 22.4 Å². The van der Waals surface area contributed by atoms with Crippen LogP contribution in [0.3, 0.4) is 0 Å². The second-order valence-electron chi connectivity index (χ2n) is 5.36. The molecule has 0 unspecified atom stereocenters. The van der Waals surface area contributed by atoms with Crippen LogP contribution in [0.1, 0.15) is 18.9 Å². The Morgan fingerprint density at radius 1 is 1.57 bits per heavy atom. The van der Waals surface area contributed by atoms with Gasteiger partial charge in [-0.2, -0.15) is 10.4 Å². The fourth-order valence-electron chi connectivity index (χ4n) is 2.55. The highest BCUT2D eigenvalue weighted by molar-refractivity contribution is 5.96. The monoisotopic (exact) mass is 317 g/mol. The molecule has 1 aromatic rings. The van der Waals surface area contributed by atoms with Crippen LogP contribution in [-0.4, -0.2) is 67.3 Å². The lowest BCUT2D eigenvalue weighted by Crippen LogP contribution is -2.34. The number of hydrogen-bond donors (Lipinski definition) is 1. The molecule has 0 aromatic carbocycles. The normalized spacial score (nSPS) is 17.0. The van der Waals surface area contributed by atoms with Crippen LogP contribution < -0.4 is 5.32 Å². The molecule has 1 fully saturated rings. The zero-order chi connectivity index (χ0) is 16.5. The minimum absolute atomic E-state index is 0.367. The maximum absolute atomic E-state index is 8.74. The molecule has 1 aliphatic rings. The van der Waals surface area contributed by atoms with Crippen LogP contribution in [0.5, 0.6) is 0 Å². The Hall–Kier alpha value is -2.24. The summed E-state index contributed by atoms with van der Waals surface area (Å²) in [6.07, 6.45) is 5.72. The van der Waals surface area contributed by atoms with Crippen molar-refractivity contribution in [3.05, 3.63) is 12.4 Å². The molecule has 2 heterocycles. The van der Waals surface area contributed by atoms with E-state index in [-0.39, 0.29) is 0 Å². The number of aliphatic imine (C=N–C) groups is 2. The fourth-order valence-corrected chi connectivity index (χ4v) is 2.55. The molecule has 1 saturated heterocycles. The molecule has 0 aliphatic carbocycles. The molecule has 0 spiro atoms. The SMILES string of the molecule is C=N/C(=N\CCOC)Nc1cnn(C2CCN(CC#N)CC2)c1. The maximum Gasteiger partial charge on any atom is 0.222 e. The summed E-state index contributed by atoms with van der Waals surface area (Å²) in [4.78, 5) is 10.3. The fraction of sp³-hybridized carbons (Fsp3) is 0.600. The van der Waals surface area contributed by atoms with Crippen LogP contribution in [-0.2, 0) is 4.74 Å². The van der Waals surface area contributed by atoms with Crippen molar-refractivity contribution in [3.8, 4) is 6.07 Å². The molecule has 0 bridgehead atoms. The third-order valence-corrected chi connectivity index (χ3v) is 3.79. The average Bonchev–Trinajstić information content (AvgIpc) is 3.03. The first-order chi connectivity index (χ1) is 11.3. The summed E-state index contributed by atoms with van der Waals surface area (Å²) in [5.74, 6) is 0.463. The Morgan fingerprint density at radius 2 is 2.35 bits per heavy atom. The molecular weight excluding hydrogens is 294 g/mol. The summed E-state index contributed by atoms with van der Waals surface area (Å²) in [6.45, 7) is 6.95. The van der Waals surface area contributed by atoms with Gasteiger partial charge < -0.3 is 10.1 Å².